The molecule has 0 N–H and O–H groups in total. The summed E-state index contributed by atoms with van der Waals surface area (Å²) < 4.78 is 16.0. The molecule has 156 valence electrons. The van der Waals surface area contributed by atoms with Crippen molar-refractivity contribution >= 4 is 11.8 Å². The van der Waals surface area contributed by atoms with Gasteiger partial charge in [0.1, 0.15) is 12.2 Å². The molecule has 2 fully saturated rings. The minimum atomic E-state index is -0.552. The Kier molecular flexibility index (Phi) is 5.31. The fourth-order valence-electron chi connectivity index (χ4n) is 3.78. The molecule has 0 atom stereocenters. The molecule has 2 aromatic heterocycles. The quantitative estimate of drug-likeness (QED) is 0.725. The first-order valence-corrected chi connectivity index (χ1v) is 9.81. The van der Waals surface area contributed by atoms with Crippen molar-refractivity contribution in [2.24, 2.45) is 0 Å². The smallest absolute Gasteiger partial charge is 0.278 e. The second-order valence-electron chi connectivity index (χ2n) is 7.47. The van der Waals surface area contributed by atoms with Crippen LogP contribution in [0.3, 0.4) is 0 Å². The second-order valence-corrected chi connectivity index (χ2v) is 7.47. The van der Waals surface area contributed by atoms with Crippen LogP contribution in [0.25, 0.3) is 0 Å². The van der Waals surface area contributed by atoms with Gasteiger partial charge in [-0.1, -0.05) is 17.2 Å². The van der Waals surface area contributed by atoms with E-state index in [1.165, 1.54) is 0 Å². The Morgan fingerprint density at radius 2 is 1.97 bits per heavy atom. The molecule has 2 amide bonds. The standard InChI is InChI=1S/C18H24N6O5/c1-3-13-19-14(28-21-13)11-24-8-9-27-18(10-15(24)25)4-6-23(7-5-18)17(26)16-12(2)20-29-22-16/h3-11H2,1-2H3. The van der Waals surface area contributed by atoms with Crippen LogP contribution < -0.4 is 0 Å². The molecule has 0 aliphatic carbocycles. The average Bonchev–Trinajstić information content (AvgIpc) is 3.32. The molecule has 0 saturated carbocycles. The van der Waals surface area contributed by atoms with E-state index < -0.39 is 5.60 Å². The Bertz CT molecular complexity index is 885. The third kappa shape index (κ3) is 4.00. The molecule has 0 unspecified atom stereocenters. The highest BCUT2D eigenvalue weighted by Crippen LogP contribution is 2.33. The van der Waals surface area contributed by atoms with E-state index in [9.17, 15) is 9.59 Å². The Morgan fingerprint density at radius 1 is 1.17 bits per heavy atom. The number of likely N-dealkylation sites (tertiary alicyclic amines) is 1. The van der Waals surface area contributed by atoms with Crippen molar-refractivity contribution in [3.05, 3.63) is 23.1 Å². The first-order chi connectivity index (χ1) is 14.0. The van der Waals surface area contributed by atoms with Gasteiger partial charge < -0.3 is 19.1 Å². The van der Waals surface area contributed by atoms with Crippen molar-refractivity contribution in [2.75, 3.05) is 26.2 Å². The summed E-state index contributed by atoms with van der Waals surface area (Å²) in [6.45, 7) is 5.79. The molecule has 4 heterocycles. The number of piperidine rings is 1. The minimum absolute atomic E-state index is 0.00456. The zero-order valence-electron chi connectivity index (χ0n) is 16.6. The molecule has 29 heavy (non-hydrogen) atoms. The van der Waals surface area contributed by atoms with E-state index in [1.54, 1.807) is 16.7 Å². The number of aromatic nitrogens is 4. The van der Waals surface area contributed by atoms with Crippen molar-refractivity contribution in [3.63, 3.8) is 0 Å². The summed E-state index contributed by atoms with van der Waals surface area (Å²) in [5, 5.41) is 11.2. The van der Waals surface area contributed by atoms with Gasteiger partial charge in [0.15, 0.2) is 11.5 Å². The number of rotatable bonds is 4. The number of amides is 2. The predicted molar refractivity (Wildman–Crippen MR) is 96.6 cm³/mol. The largest absolute Gasteiger partial charge is 0.372 e. The molecule has 4 rings (SSSR count). The summed E-state index contributed by atoms with van der Waals surface area (Å²) in [5.74, 6) is 0.853. The SMILES string of the molecule is CCc1noc(CN2CCOC3(CCN(C(=O)c4nonc4C)CC3)CC2=O)n1. The monoisotopic (exact) mass is 404 g/mol. The zero-order valence-corrected chi connectivity index (χ0v) is 16.6. The van der Waals surface area contributed by atoms with E-state index in [0.717, 1.165) is 0 Å². The summed E-state index contributed by atoms with van der Waals surface area (Å²) in [6.07, 6.45) is 2.13. The summed E-state index contributed by atoms with van der Waals surface area (Å²) >= 11 is 0. The van der Waals surface area contributed by atoms with Crippen LogP contribution in [-0.4, -0.2) is 73.9 Å². The Balaban J connectivity index is 1.37. The number of hydrogen-bond acceptors (Lipinski definition) is 9. The molecule has 0 aromatic carbocycles. The highest BCUT2D eigenvalue weighted by molar-refractivity contribution is 5.93. The van der Waals surface area contributed by atoms with Gasteiger partial charge in [0, 0.05) is 26.1 Å². The lowest BCUT2D eigenvalue weighted by molar-refractivity contribution is -0.135. The summed E-state index contributed by atoms with van der Waals surface area (Å²) in [4.78, 5) is 33.1. The lowest BCUT2D eigenvalue weighted by Gasteiger charge is -2.40. The van der Waals surface area contributed by atoms with Gasteiger partial charge in [-0.05, 0) is 24.9 Å². The fourth-order valence-corrected chi connectivity index (χ4v) is 3.78. The van der Waals surface area contributed by atoms with Gasteiger partial charge in [-0.3, -0.25) is 9.59 Å². The summed E-state index contributed by atoms with van der Waals surface area (Å²) in [7, 11) is 0. The first-order valence-electron chi connectivity index (χ1n) is 9.81. The third-order valence-corrected chi connectivity index (χ3v) is 5.57. The van der Waals surface area contributed by atoms with Crippen LogP contribution in [0.15, 0.2) is 9.15 Å². The molecule has 0 bridgehead atoms. The van der Waals surface area contributed by atoms with Gasteiger partial charge in [0.25, 0.3) is 5.91 Å². The van der Waals surface area contributed by atoms with E-state index in [-0.39, 0.29) is 30.5 Å². The van der Waals surface area contributed by atoms with Gasteiger partial charge in [0.05, 0.1) is 18.6 Å². The Morgan fingerprint density at radius 3 is 2.62 bits per heavy atom. The molecular weight excluding hydrogens is 380 g/mol. The van der Waals surface area contributed by atoms with Gasteiger partial charge >= 0.3 is 0 Å². The van der Waals surface area contributed by atoms with Gasteiger partial charge in [0.2, 0.25) is 11.8 Å². The van der Waals surface area contributed by atoms with Crippen LogP contribution in [0.5, 0.6) is 0 Å². The minimum Gasteiger partial charge on any atom is -0.372 e. The predicted octanol–water partition coefficient (Wildman–Crippen LogP) is 0.747. The van der Waals surface area contributed by atoms with E-state index in [4.69, 9.17) is 9.26 Å². The first kappa shape index (κ1) is 19.5. The maximum Gasteiger partial charge on any atom is 0.278 e. The van der Waals surface area contributed by atoms with E-state index in [0.29, 0.717) is 62.9 Å². The third-order valence-electron chi connectivity index (χ3n) is 5.57. The molecule has 1 spiro atoms. The van der Waals surface area contributed by atoms with Crippen LogP contribution in [0.4, 0.5) is 0 Å². The van der Waals surface area contributed by atoms with Crippen LogP contribution in [0, 0.1) is 6.92 Å². The van der Waals surface area contributed by atoms with Gasteiger partial charge in [-0.15, -0.1) is 0 Å². The molecule has 0 radical (unpaired) electrons. The van der Waals surface area contributed by atoms with Crippen molar-refractivity contribution in [2.45, 2.75) is 51.7 Å². The number of aryl methyl sites for hydroxylation is 2. The summed E-state index contributed by atoms with van der Waals surface area (Å²) in [5.41, 5.74) is 0.151. The summed E-state index contributed by atoms with van der Waals surface area (Å²) in [6, 6.07) is 0. The Labute approximate surface area is 167 Å². The molecule has 11 heteroatoms. The molecule has 11 nitrogen and oxygen atoms in total. The maximum absolute atomic E-state index is 12.9. The normalized spacial score (nSPS) is 19.6. The lowest BCUT2D eigenvalue weighted by Crippen LogP contribution is -2.49. The van der Waals surface area contributed by atoms with E-state index in [2.05, 4.69) is 25.1 Å². The topological polar surface area (TPSA) is 128 Å². The maximum atomic E-state index is 12.9. The Hall–Kier alpha value is -2.82. The van der Waals surface area contributed by atoms with Gasteiger partial charge in [-0.2, -0.15) is 4.98 Å². The van der Waals surface area contributed by atoms with Crippen LogP contribution in [0.2, 0.25) is 0 Å². The number of hydrogen-bond donors (Lipinski definition) is 0. The van der Waals surface area contributed by atoms with Gasteiger partial charge in [-0.25, -0.2) is 4.63 Å². The zero-order chi connectivity index (χ0) is 20.4. The molecule has 2 saturated heterocycles. The molecule has 2 aromatic rings. The average molecular weight is 404 g/mol. The second kappa shape index (κ2) is 7.90. The van der Waals surface area contributed by atoms with Crippen molar-refractivity contribution in [3.8, 4) is 0 Å². The lowest BCUT2D eigenvalue weighted by atomic mass is 9.87. The van der Waals surface area contributed by atoms with E-state index in [1.807, 2.05) is 6.92 Å². The molecule has 2 aliphatic heterocycles. The fraction of sp³-hybridized carbons (Fsp3) is 0.667. The number of ether oxygens (including phenoxy) is 1. The van der Waals surface area contributed by atoms with Crippen LogP contribution in [0.1, 0.15) is 54.1 Å². The number of carbonyl (C=O) groups excluding carboxylic acids is 2. The van der Waals surface area contributed by atoms with Crippen LogP contribution >= 0.6 is 0 Å². The highest BCUT2D eigenvalue weighted by atomic mass is 16.6. The number of nitrogens with zero attached hydrogens (tertiary/aromatic N) is 6. The molecular formula is C18H24N6O5. The van der Waals surface area contributed by atoms with E-state index >= 15 is 0 Å². The highest BCUT2D eigenvalue weighted by Gasteiger charge is 2.42. The molecule has 2 aliphatic rings. The van der Waals surface area contributed by atoms with Crippen molar-refractivity contribution in [1.29, 1.82) is 0 Å². The van der Waals surface area contributed by atoms with Crippen molar-refractivity contribution < 1.29 is 23.5 Å². The van der Waals surface area contributed by atoms with Crippen LogP contribution in [-0.2, 0) is 22.5 Å². The van der Waals surface area contributed by atoms with Crippen molar-refractivity contribution in [1.82, 2.24) is 30.3 Å². The number of carbonyl (C=O) groups is 2.